The van der Waals surface area contributed by atoms with Crippen molar-refractivity contribution < 1.29 is 22.4 Å². The molecule has 2 amide bonds. The van der Waals surface area contributed by atoms with Crippen LogP contribution in [0.4, 0.5) is 10.1 Å². The number of carbonyl (C=O) groups is 2. The van der Waals surface area contributed by atoms with Crippen LogP contribution in [0.1, 0.15) is 40.9 Å². The molecule has 7 nitrogen and oxygen atoms in total. The summed E-state index contributed by atoms with van der Waals surface area (Å²) in [6.07, 6.45) is 0. The lowest BCUT2D eigenvalue weighted by atomic mass is 9.86. The third-order valence-electron chi connectivity index (χ3n) is 6.20. The predicted molar refractivity (Wildman–Crippen MR) is 131 cm³/mol. The SMILES string of the molecule is CN1C(=O)C(C)(C)c2cc(S(=O)(=O)NCc3ccc(C(=O)NCc4ccc(F)cc4)cc3)ccc21. The van der Waals surface area contributed by atoms with E-state index in [0.29, 0.717) is 22.4 Å². The number of fused-ring (bicyclic) bond motifs is 1. The van der Waals surface area contributed by atoms with E-state index in [1.807, 2.05) is 0 Å². The number of nitrogens with zero attached hydrogens (tertiary/aromatic N) is 1. The standard InChI is InChI=1S/C26H26FN3O4S/c1-26(2)22-14-21(12-13-23(22)30(3)25(26)32)35(33,34)29-16-18-4-8-19(9-5-18)24(31)28-15-17-6-10-20(27)11-7-17/h4-14,29H,15-16H2,1-3H3,(H,28,31). The van der Waals surface area contributed by atoms with E-state index in [-0.39, 0.29) is 35.6 Å². The van der Waals surface area contributed by atoms with Crippen LogP contribution >= 0.6 is 0 Å². The highest BCUT2D eigenvalue weighted by atomic mass is 32.2. The number of amides is 2. The van der Waals surface area contributed by atoms with E-state index in [0.717, 1.165) is 5.56 Å². The van der Waals surface area contributed by atoms with Crippen LogP contribution in [0.3, 0.4) is 0 Å². The number of anilines is 1. The smallest absolute Gasteiger partial charge is 0.251 e. The molecule has 0 spiro atoms. The summed E-state index contributed by atoms with van der Waals surface area (Å²) in [4.78, 5) is 26.5. The van der Waals surface area contributed by atoms with Crippen LogP contribution in [0.5, 0.6) is 0 Å². The number of sulfonamides is 1. The van der Waals surface area contributed by atoms with Crippen molar-refractivity contribution in [2.24, 2.45) is 0 Å². The van der Waals surface area contributed by atoms with Crippen molar-refractivity contribution in [3.8, 4) is 0 Å². The second-order valence-corrected chi connectivity index (χ2v) is 10.8. The maximum Gasteiger partial charge on any atom is 0.251 e. The van der Waals surface area contributed by atoms with Crippen LogP contribution in [0, 0.1) is 5.82 Å². The van der Waals surface area contributed by atoms with E-state index in [1.54, 1.807) is 69.4 Å². The molecule has 2 N–H and O–H groups in total. The van der Waals surface area contributed by atoms with Gasteiger partial charge in [0, 0.05) is 31.4 Å². The molecule has 0 unspecified atom stereocenters. The molecule has 0 saturated heterocycles. The largest absolute Gasteiger partial charge is 0.348 e. The van der Waals surface area contributed by atoms with E-state index in [1.165, 1.54) is 23.1 Å². The molecule has 0 saturated carbocycles. The van der Waals surface area contributed by atoms with Gasteiger partial charge in [-0.15, -0.1) is 0 Å². The van der Waals surface area contributed by atoms with Crippen molar-refractivity contribution in [2.75, 3.05) is 11.9 Å². The van der Waals surface area contributed by atoms with Gasteiger partial charge < -0.3 is 10.2 Å². The molecule has 35 heavy (non-hydrogen) atoms. The Bertz CT molecular complexity index is 1390. The summed E-state index contributed by atoms with van der Waals surface area (Å²) < 4.78 is 41.4. The number of nitrogens with one attached hydrogen (secondary N) is 2. The van der Waals surface area contributed by atoms with Gasteiger partial charge in [-0.05, 0) is 73.0 Å². The molecule has 0 atom stereocenters. The summed E-state index contributed by atoms with van der Waals surface area (Å²) in [6.45, 7) is 3.86. The molecule has 1 heterocycles. The number of likely N-dealkylation sites (N-methyl/N-ethyl adjacent to an activating group) is 1. The van der Waals surface area contributed by atoms with Gasteiger partial charge in [-0.1, -0.05) is 24.3 Å². The van der Waals surface area contributed by atoms with E-state index in [4.69, 9.17) is 0 Å². The Balaban J connectivity index is 1.39. The van der Waals surface area contributed by atoms with Gasteiger partial charge in [0.05, 0.1) is 10.3 Å². The molecule has 4 rings (SSSR count). The summed E-state index contributed by atoms with van der Waals surface area (Å²) in [7, 11) is -2.14. The lowest BCUT2D eigenvalue weighted by Gasteiger charge is -2.17. The molecule has 3 aromatic rings. The number of carbonyl (C=O) groups excluding carboxylic acids is 2. The molecule has 1 aliphatic heterocycles. The molecule has 0 aromatic heterocycles. The minimum atomic E-state index is -3.82. The van der Waals surface area contributed by atoms with Gasteiger partial charge in [0.25, 0.3) is 5.91 Å². The highest BCUT2D eigenvalue weighted by molar-refractivity contribution is 7.89. The Hall–Kier alpha value is -3.56. The first-order valence-corrected chi connectivity index (χ1v) is 12.5. The van der Waals surface area contributed by atoms with Crippen molar-refractivity contribution in [1.82, 2.24) is 10.0 Å². The zero-order chi connectivity index (χ0) is 25.4. The van der Waals surface area contributed by atoms with Crippen molar-refractivity contribution in [1.29, 1.82) is 0 Å². The van der Waals surface area contributed by atoms with Crippen molar-refractivity contribution in [2.45, 2.75) is 37.2 Å². The molecule has 1 aliphatic rings. The Morgan fingerprint density at radius 1 is 0.943 bits per heavy atom. The maximum atomic E-state index is 13.0. The summed E-state index contributed by atoms with van der Waals surface area (Å²) in [5.74, 6) is -0.715. The summed E-state index contributed by atoms with van der Waals surface area (Å²) in [6, 6.07) is 17.1. The third kappa shape index (κ3) is 4.96. The second kappa shape index (κ2) is 9.24. The first kappa shape index (κ1) is 24.6. The van der Waals surface area contributed by atoms with Crippen LogP contribution in [-0.2, 0) is 33.3 Å². The average Bonchev–Trinajstić information content (AvgIpc) is 3.02. The quantitative estimate of drug-likeness (QED) is 0.525. The zero-order valence-electron chi connectivity index (χ0n) is 19.6. The van der Waals surface area contributed by atoms with Crippen LogP contribution in [-0.4, -0.2) is 27.3 Å². The molecule has 0 fully saturated rings. The van der Waals surface area contributed by atoms with Gasteiger partial charge in [-0.2, -0.15) is 0 Å². The molecular formula is C26H26FN3O4S. The predicted octanol–water partition coefficient (Wildman–Crippen LogP) is 3.49. The normalized spacial score (nSPS) is 14.6. The molecule has 0 radical (unpaired) electrons. The fraction of sp³-hybridized carbons (Fsp3) is 0.231. The first-order valence-electron chi connectivity index (χ1n) is 11.0. The highest BCUT2D eigenvalue weighted by Gasteiger charge is 2.42. The minimum Gasteiger partial charge on any atom is -0.348 e. The molecule has 3 aromatic carbocycles. The molecule has 0 bridgehead atoms. The number of hydrogen-bond donors (Lipinski definition) is 2. The maximum absolute atomic E-state index is 13.0. The minimum absolute atomic E-state index is 0.0408. The first-order chi connectivity index (χ1) is 16.5. The van der Waals surface area contributed by atoms with E-state index < -0.39 is 15.4 Å². The number of benzene rings is 3. The average molecular weight is 496 g/mol. The fourth-order valence-electron chi connectivity index (χ4n) is 4.04. The van der Waals surface area contributed by atoms with Crippen LogP contribution in [0.15, 0.2) is 71.6 Å². The topological polar surface area (TPSA) is 95.6 Å². The molecule has 9 heteroatoms. The zero-order valence-corrected chi connectivity index (χ0v) is 20.4. The van der Waals surface area contributed by atoms with Crippen LogP contribution in [0.25, 0.3) is 0 Å². The monoisotopic (exact) mass is 495 g/mol. The van der Waals surface area contributed by atoms with Gasteiger partial charge in [0.1, 0.15) is 5.82 Å². The lowest BCUT2D eigenvalue weighted by Crippen LogP contribution is -2.33. The van der Waals surface area contributed by atoms with Gasteiger partial charge in [0.2, 0.25) is 15.9 Å². The van der Waals surface area contributed by atoms with Crippen LogP contribution < -0.4 is 14.9 Å². The number of rotatable bonds is 7. The van der Waals surface area contributed by atoms with Gasteiger partial charge in [-0.25, -0.2) is 17.5 Å². The Morgan fingerprint density at radius 3 is 2.20 bits per heavy atom. The summed E-state index contributed by atoms with van der Waals surface area (Å²) >= 11 is 0. The van der Waals surface area contributed by atoms with Gasteiger partial charge >= 0.3 is 0 Å². The van der Waals surface area contributed by atoms with E-state index >= 15 is 0 Å². The Labute approximate surface area is 204 Å². The Kier molecular flexibility index (Phi) is 6.48. The van der Waals surface area contributed by atoms with Crippen LogP contribution in [0.2, 0.25) is 0 Å². The molecule has 0 aliphatic carbocycles. The highest BCUT2D eigenvalue weighted by Crippen LogP contribution is 2.41. The molecule has 182 valence electrons. The summed E-state index contributed by atoms with van der Waals surface area (Å²) in [5.41, 5.74) is 2.45. The van der Waals surface area contributed by atoms with Crippen molar-refractivity contribution >= 4 is 27.5 Å². The summed E-state index contributed by atoms with van der Waals surface area (Å²) in [5, 5.41) is 2.76. The Morgan fingerprint density at radius 2 is 1.54 bits per heavy atom. The number of hydrogen-bond acceptors (Lipinski definition) is 4. The van der Waals surface area contributed by atoms with Gasteiger partial charge in [-0.3, -0.25) is 9.59 Å². The number of halogens is 1. The second-order valence-electron chi connectivity index (χ2n) is 9.00. The molecular weight excluding hydrogens is 469 g/mol. The van der Waals surface area contributed by atoms with E-state index in [2.05, 4.69) is 10.0 Å². The fourth-order valence-corrected chi connectivity index (χ4v) is 5.09. The van der Waals surface area contributed by atoms with Gasteiger partial charge in [0.15, 0.2) is 0 Å². The lowest BCUT2D eigenvalue weighted by molar-refractivity contribution is -0.121. The third-order valence-corrected chi connectivity index (χ3v) is 7.60. The van der Waals surface area contributed by atoms with Crippen molar-refractivity contribution in [3.05, 3.63) is 94.8 Å². The van der Waals surface area contributed by atoms with E-state index in [9.17, 15) is 22.4 Å². The van der Waals surface area contributed by atoms with Crippen molar-refractivity contribution in [3.63, 3.8) is 0 Å².